The first-order valence-electron chi connectivity index (χ1n) is 8.21. The fourth-order valence-electron chi connectivity index (χ4n) is 2.59. The number of aryl methyl sites for hydroxylation is 2. The number of nitrogens with zero attached hydrogens (tertiary/aromatic N) is 4. The summed E-state index contributed by atoms with van der Waals surface area (Å²) >= 11 is 0. The second kappa shape index (κ2) is 6.88. The third kappa shape index (κ3) is 3.31. The minimum absolute atomic E-state index is 0.341. The molecule has 0 spiro atoms. The maximum Gasteiger partial charge on any atom is 0.332 e. The standard InChI is InChI=1S/C18H20N4O3/c1-4-5-8-22-17(23)15-9-14(11-20-16(15)21(3)18(22)24)25-13-7-6-12(2)19-10-13/h6-7,9-11H,4-5,8H2,1-3H3. The van der Waals surface area contributed by atoms with Gasteiger partial charge in [-0.3, -0.25) is 18.9 Å². The Hall–Kier alpha value is -2.96. The van der Waals surface area contributed by atoms with Crippen molar-refractivity contribution in [2.45, 2.75) is 33.2 Å². The Balaban J connectivity index is 2.08. The predicted molar refractivity (Wildman–Crippen MR) is 95.2 cm³/mol. The van der Waals surface area contributed by atoms with E-state index < -0.39 is 0 Å². The molecule has 0 saturated carbocycles. The Bertz CT molecular complexity index is 1020. The van der Waals surface area contributed by atoms with Gasteiger partial charge in [0.2, 0.25) is 0 Å². The zero-order chi connectivity index (χ0) is 18.0. The summed E-state index contributed by atoms with van der Waals surface area (Å²) in [6.07, 6.45) is 4.77. The van der Waals surface area contributed by atoms with Gasteiger partial charge in [0.25, 0.3) is 5.56 Å². The second-order valence-electron chi connectivity index (χ2n) is 5.93. The van der Waals surface area contributed by atoms with Crippen molar-refractivity contribution in [3.8, 4) is 11.5 Å². The van der Waals surface area contributed by atoms with Crippen molar-refractivity contribution in [3.63, 3.8) is 0 Å². The van der Waals surface area contributed by atoms with Crippen LogP contribution < -0.4 is 16.0 Å². The van der Waals surface area contributed by atoms with E-state index in [1.165, 1.54) is 15.3 Å². The zero-order valence-electron chi connectivity index (χ0n) is 14.5. The molecule has 0 aliphatic carbocycles. The van der Waals surface area contributed by atoms with Crippen LogP contribution in [0.3, 0.4) is 0 Å². The number of aromatic nitrogens is 4. The highest BCUT2D eigenvalue weighted by atomic mass is 16.5. The van der Waals surface area contributed by atoms with Crippen molar-refractivity contribution in [1.29, 1.82) is 0 Å². The summed E-state index contributed by atoms with van der Waals surface area (Å²) < 4.78 is 8.37. The zero-order valence-corrected chi connectivity index (χ0v) is 14.5. The van der Waals surface area contributed by atoms with Gasteiger partial charge in [-0.2, -0.15) is 0 Å². The molecule has 0 saturated heterocycles. The molecule has 7 heteroatoms. The lowest BCUT2D eigenvalue weighted by Gasteiger charge is -2.11. The summed E-state index contributed by atoms with van der Waals surface area (Å²) in [5.41, 5.74) is 0.538. The largest absolute Gasteiger partial charge is 0.454 e. The van der Waals surface area contributed by atoms with Crippen LogP contribution in [0.15, 0.2) is 40.2 Å². The number of rotatable bonds is 5. The number of hydrogen-bond acceptors (Lipinski definition) is 5. The molecule has 0 N–H and O–H groups in total. The maximum absolute atomic E-state index is 12.7. The van der Waals surface area contributed by atoms with Crippen molar-refractivity contribution in [2.75, 3.05) is 0 Å². The number of ether oxygens (including phenoxy) is 1. The summed E-state index contributed by atoms with van der Waals surface area (Å²) in [4.78, 5) is 33.5. The summed E-state index contributed by atoms with van der Waals surface area (Å²) in [7, 11) is 1.62. The predicted octanol–water partition coefficient (Wildman–Crippen LogP) is 2.39. The van der Waals surface area contributed by atoms with E-state index in [4.69, 9.17) is 4.74 Å². The van der Waals surface area contributed by atoms with Crippen molar-refractivity contribution in [3.05, 3.63) is 57.1 Å². The molecule has 0 unspecified atom stereocenters. The van der Waals surface area contributed by atoms with Gasteiger partial charge in [-0.25, -0.2) is 9.78 Å². The molecular formula is C18H20N4O3. The Kier molecular flexibility index (Phi) is 4.65. The van der Waals surface area contributed by atoms with E-state index >= 15 is 0 Å². The molecule has 25 heavy (non-hydrogen) atoms. The van der Waals surface area contributed by atoms with Gasteiger partial charge in [0, 0.05) is 19.3 Å². The molecular weight excluding hydrogens is 320 g/mol. The highest BCUT2D eigenvalue weighted by molar-refractivity contribution is 5.75. The number of unbranched alkanes of at least 4 members (excludes halogenated alkanes) is 1. The fraction of sp³-hybridized carbons (Fsp3) is 0.333. The Morgan fingerprint density at radius 1 is 1.12 bits per heavy atom. The third-order valence-corrected chi connectivity index (χ3v) is 4.01. The summed E-state index contributed by atoms with van der Waals surface area (Å²) in [5.74, 6) is 0.985. The first kappa shape index (κ1) is 16.9. The van der Waals surface area contributed by atoms with Crippen LogP contribution >= 0.6 is 0 Å². The Morgan fingerprint density at radius 2 is 1.88 bits per heavy atom. The van der Waals surface area contributed by atoms with E-state index in [1.54, 1.807) is 25.4 Å². The van der Waals surface area contributed by atoms with Crippen molar-refractivity contribution in [2.24, 2.45) is 7.05 Å². The molecule has 0 aromatic carbocycles. The fourth-order valence-corrected chi connectivity index (χ4v) is 2.59. The average Bonchev–Trinajstić information content (AvgIpc) is 2.62. The first-order valence-corrected chi connectivity index (χ1v) is 8.21. The van der Waals surface area contributed by atoms with E-state index in [-0.39, 0.29) is 11.2 Å². The van der Waals surface area contributed by atoms with Crippen molar-refractivity contribution in [1.82, 2.24) is 19.1 Å². The van der Waals surface area contributed by atoms with Crippen LogP contribution in [0, 0.1) is 6.92 Å². The number of fused-ring (bicyclic) bond motifs is 1. The Labute approximate surface area is 144 Å². The van der Waals surface area contributed by atoms with E-state index in [2.05, 4.69) is 9.97 Å². The van der Waals surface area contributed by atoms with Gasteiger partial charge >= 0.3 is 5.69 Å². The quantitative estimate of drug-likeness (QED) is 0.712. The third-order valence-electron chi connectivity index (χ3n) is 4.01. The van der Waals surface area contributed by atoms with Gasteiger partial charge in [0.1, 0.15) is 17.1 Å². The van der Waals surface area contributed by atoms with Gasteiger partial charge in [-0.15, -0.1) is 0 Å². The average molecular weight is 340 g/mol. The molecule has 0 atom stereocenters. The van der Waals surface area contributed by atoms with E-state index in [0.717, 1.165) is 18.5 Å². The minimum Gasteiger partial charge on any atom is -0.454 e. The van der Waals surface area contributed by atoms with Gasteiger partial charge < -0.3 is 4.74 Å². The molecule has 0 radical (unpaired) electrons. The summed E-state index contributed by atoms with van der Waals surface area (Å²) in [6, 6.07) is 5.25. The monoisotopic (exact) mass is 340 g/mol. The molecule has 7 nitrogen and oxygen atoms in total. The van der Waals surface area contributed by atoms with Gasteiger partial charge in [0.05, 0.1) is 17.8 Å². The van der Waals surface area contributed by atoms with Crippen LogP contribution in [-0.2, 0) is 13.6 Å². The molecule has 130 valence electrons. The lowest BCUT2D eigenvalue weighted by Crippen LogP contribution is -2.39. The van der Waals surface area contributed by atoms with Crippen LogP contribution in [0.4, 0.5) is 0 Å². The maximum atomic E-state index is 12.7. The summed E-state index contributed by atoms with van der Waals surface area (Å²) in [6.45, 7) is 4.30. The molecule has 0 aliphatic rings. The number of pyridine rings is 2. The first-order chi connectivity index (χ1) is 12.0. The van der Waals surface area contributed by atoms with Crippen LogP contribution in [0.1, 0.15) is 25.5 Å². The molecule has 0 amide bonds. The second-order valence-corrected chi connectivity index (χ2v) is 5.93. The van der Waals surface area contributed by atoms with Crippen LogP contribution in [0.2, 0.25) is 0 Å². The van der Waals surface area contributed by atoms with Crippen LogP contribution in [0.5, 0.6) is 11.5 Å². The van der Waals surface area contributed by atoms with E-state index in [1.807, 2.05) is 19.9 Å². The minimum atomic E-state index is -0.352. The molecule has 3 aromatic rings. The van der Waals surface area contributed by atoms with Crippen LogP contribution in [-0.4, -0.2) is 19.1 Å². The normalized spacial score (nSPS) is 11.0. The summed E-state index contributed by atoms with van der Waals surface area (Å²) in [5, 5.41) is 0.357. The highest BCUT2D eigenvalue weighted by Crippen LogP contribution is 2.21. The number of hydrogen-bond donors (Lipinski definition) is 0. The topological polar surface area (TPSA) is 79.0 Å². The molecule has 3 heterocycles. The van der Waals surface area contributed by atoms with Crippen molar-refractivity contribution >= 4 is 11.0 Å². The Morgan fingerprint density at radius 3 is 2.56 bits per heavy atom. The van der Waals surface area contributed by atoms with Gasteiger partial charge in [-0.1, -0.05) is 13.3 Å². The van der Waals surface area contributed by atoms with E-state index in [9.17, 15) is 9.59 Å². The van der Waals surface area contributed by atoms with Gasteiger partial charge in [-0.05, 0) is 31.5 Å². The lowest BCUT2D eigenvalue weighted by atomic mass is 10.3. The van der Waals surface area contributed by atoms with E-state index in [0.29, 0.717) is 29.1 Å². The van der Waals surface area contributed by atoms with Gasteiger partial charge in [0.15, 0.2) is 0 Å². The molecule has 3 rings (SSSR count). The molecule has 0 fully saturated rings. The smallest absolute Gasteiger partial charge is 0.332 e. The molecule has 3 aromatic heterocycles. The molecule has 0 aliphatic heterocycles. The highest BCUT2D eigenvalue weighted by Gasteiger charge is 2.13. The van der Waals surface area contributed by atoms with Crippen molar-refractivity contribution < 1.29 is 4.74 Å². The van der Waals surface area contributed by atoms with Crippen LogP contribution in [0.25, 0.3) is 11.0 Å². The lowest BCUT2D eigenvalue weighted by molar-refractivity contribution is 0.478. The molecule has 0 bridgehead atoms. The SMILES string of the molecule is CCCCn1c(=O)c2cc(Oc3ccc(C)nc3)cnc2n(C)c1=O.